The van der Waals surface area contributed by atoms with E-state index in [1.54, 1.807) is 6.07 Å². The highest BCUT2D eigenvalue weighted by molar-refractivity contribution is 6.07. The molecule has 4 nitrogen and oxygen atoms in total. The van der Waals surface area contributed by atoms with Gasteiger partial charge in [-0.25, -0.2) is 5.43 Å². The number of rotatable bonds is 4. The second-order valence-corrected chi connectivity index (χ2v) is 5.77. The molecule has 0 atom stereocenters. The fourth-order valence-corrected chi connectivity index (χ4v) is 2.51. The molecule has 0 saturated carbocycles. The van der Waals surface area contributed by atoms with Gasteiger partial charge in [0, 0.05) is 11.1 Å². The van der Waals surface area contributed by atoms with E-state index in [2.05, 4.69) is 15.5 Å². The van der Waals surface area contributed by atoms with E-state index in [1.807, 2.05) is 80.6 Å². The molecule has 0 fully saturated rings. The number of nitrogens with zero attached hydrogens (tertiary/aromatic N) is 2. The van der Waals surface area contributed by atoms with Crippen molar-refractivity contribution in [2.24, 2.45) is 5.10 Å². The third kappa shape index (κ3) is 4.18. The molecule has 3 rings (SSSR count). The lowest BCUT2D eigenvalue weighted by Gasteiger charge is -2.06. The number of amides is 1. The lowest BCUT2D eigenvalue weighted by molar-refractivity contribution is 0.0956. The molecule has 1 amide bonds. The lowest BCUT2D eigenvalue weighted by atomic mass is 10.1. The Balaban J connectivity index is 1.77. The van der Waals surface area contributed by atoms with Crippen molar-refractivity contribution in [1.29, 1.82) is 0 Å². The van der Waals surface area contributed by atoms with Crippen LogP contribution in [0, 0.1) is 6.92 Å². The van der Waals surface area contributed by atoms with Crippen molar-refractivity contribution in [1.82, 2.24) is 10.4 Å². The molecule has 0 aliphatic carbocycles. The monoisotopic (exact) mass is 329 g/mol. The number of aromatic nitrogens is 1. The Hall–Kier alpha value is -3.27. The third-order valence-electron chi connectivity index (χ3n) is 3.74. The van der Waals surface area contributed by atoms with Crippen molar-refractivity contribution in [3.63, 3.8) is 0 Å². The number of pyridine rings is 1. The van der Waals surface area contributed by atoms with Crippen LogP contribution in [-0.4, -0.2) is 16.6 Å². The molecule has 0 unspecified atom stereocenters. The van der Waals surface area contributed by atoms with Crippen LogP contribution in [0.2, 0.25) is 0 Å². The van der Waals surface area contributed by atoms with Gasteiger partial charge in [-0.15, -0.1) is 0 Å². The van der Waals surface area contributed by atoms with Crippen LogP contribution in [0.4, 0.5) is 0 Å². The van der Waals surface area contributed by atoms with E-state index < -0.39 is 0 Å². The molecule has 124 valence electrons. The Kier molecular flexibility index (Phi) is 5.00. The normalized spacial score (nSPS) is 11.8. The Morgan fingerprint density at radius 1 is 1.08 bits per heavy atom. The number of carbonyl (C=O) groups excluding carboxylic acids is 1. The average molecular weight is 329 g/mol. The van der Waals surface area contributed by atoms with Gasteiger partial charge in [-0.1, -0.05) is 54.6 Å². The van der Waals surface area contributed by atoms with E-state index in [4.69, 9.17) is 0 Å². The highest BCUT2D eigenvalue weighted by Crippen LogP contribution is 2.18. The summed E-state index contributed by atoms with van der Waals surface area (Å²) in [6, 6.07) is 19.3. The molecule has 1 N–H and O–H groups in total. The van der Waals surface area contributed by atoms with Crippen LogP contribution in [0.3, 0.4) is 0 Å². The van der Waals surface area contributed by atoms with Crippen LogP contribution in [0.25, 0.3) is 17.0 Å². The molecule has 4 heteroatoms. The average Bonchev–Trinajstić information content (AvgIpc) is 2.64. The van der Waals surface area contributed by atoms with Gasteiger partial charge in [-0.05, 0) is 37.6 Å². The smallest absolute Gasteiger partial charge is 0.267 e. The second-order valence-electron chi connectivity index (χ2n) is 5.77. The minimum Gasteiger partial charge on any atom is -0.267 e. The molecule has 0 bridgehead atoms. The number of aryl methyl sites for hydroxylation is 1. The predicted molar refractivity (Wildman–Crippen MR) is 103 cm³/mol. The van der Waals surface area contributed by atoms with Crippen molar-refractivity contribution in [2.75, 3.05) is 0 Å². The number of hydrogen-bond acceptors (Lipinski definition) is 3. The Morgan fingerprint density at radius 3 is 2.60 bits per heavy atom. The first-order valence-corrected chi connectivity index (χ1v) is 8.07. The summed E-state index contributed by atoms with van der Waals surface area (Å²) in [5.74, 6) is -0.242. The number of benzene rings is 2. The van der Waals surface area contributed by atoms with Crippen LogP contribution in [0.1, 0.15) is 28.5 Å². The number of carbonyl (C=O) groups is 1. The molecule has 0 spiro atoms. The largest absolute Gasteiger partial charge is 0.272 e. The minimum absolute atomic E-state index is 0.242. The van der Waals surface area contributed by atoms with Gasteiger partial charge in [0.05, 0.1) is 16.8 Å². The number of para-hydroxylation sites is 1. The van der Waals surface area contributed by atoms with Crippen LogP contribution in [-0.2, 0) is 0 Å². The number of hydrazone groups is 1. The molecule has 0 aliphatic rings. The second kappa shape index (κ2) is 7.53. The van der Waals surface area contributed by atoms with E-state index in [-0.39, 0.29) is 5.91 Å². The van der Waals surface area contributed by atoms with Gasteiger partial charge in [0.15, 0.2) is 0 Å². The summed E-state index contributed by atoms with van der Waals surface area (Å²) in [6.07, 6.45) is 3.82. The number of hydrogen-bond donors (Lipinski definition) is 1. The van der Waals surface area contributed by atoms with Gasteiger partial charge in [-0.3, -0.25) is 9.78 Å². The predicted octanol–water partition coefficient (Wildman–Crippen LogP) is 4.36. The fraction of sp³-hybridized carbons (Fsp3) is 0.0952. The van der Waals surface area contributed by atoms with Gasteiger partial charge in [0.2, 0.25) is 0 Å². The van der Waals surface area contributed by atoms with Crippen LogP contribution in [0.15, 0.2) is 71.8 Å². The maximum absolute atomic E-state index is 12.5. The van der Waals surface area contributed by atoms with Crippen molar-refractivity contribution >= 4 is 28.6 Å². The first kappa shape index (κ1) is 16.6. The fourth-order valence-electron chi connectivity index (χ4n) is 2.51. The first-order chi connectivity index (χ1) is 12.1. The summed E-state index contributed by atoms with van der Waals surface area (Å²) < 4.78 is 0. The molecule has 1 aromatic heterocycles. The van der Waals surface area contributed by atoms with Crippen molar-refractivity contribution in [3.8, 4) is 0 Å². The van der Waals surface area contributed by atoms with Gasteiger partial charge in [-0.2, -0.15) is 5.10 Å². The quantitative estimate of drug-likeness (QED) is 0.571. The number of allylic oxidation sites excluding steroid dienone is 1. The van der Waals surface area contributed by atoms with Gasteiger partial charge in [0.25, 0.3) is 5.91 Å². The van der Waals surface area contributed by atoms with Crippen LogP contribution >= 0.6 is 0 Å². The van der Waals surface area contributed by atoms with E-state index in [0.717, 1.165) is 22.2 Å². The molecule has 2 aromatic carbocycles. The van der Waals surface area contributed by atoms with E-state index in [9.17, 15) is 4.79 Å². The Morgan fingerprint density at radius 2 is 1.80 bits per heavy atom. The maximum Gasteiger partial charge on any atom is 0.272 e. The standard InChI is InChI=1S/C21H19N3O/c1-15(12-13-17-8-4-3-5-9-17)23-24-21(25)19-14-16(2)22-20-11-7-6-10-18(19)20/h3-14H,1-2H3,(H,24,25)/b13-12+,23-15-. The van der Waals surface area contributed by atoms with Crippen LogP contribution in [0.5, 0.6) is 0 Å². The molecular weight excluding hydrogens is 310 g/mol. The zero-order chi connectivity index (χ0) is 17.6. The van der Waals surface area contributed by atoms with Gasteiger partial charge < -0.3 is 0 Å². The summed E-state index contributed by atoms with van der Waals surface area (Å²) >= 11 is 0. The van der Waals surface area contributed by atoms with Gasteiger partial charge >= 0.3 is 0 Å². The van der Waals surface area contributed by atoms with Gasteiger partial charge in [0.1, 0.15) is 0 Å². The number of fused-ring (bicyclic) bond motifs is 1. The lowest BCUT2D eigenvalue weighted by Crippen LogP contribution is -2.19. The number of nitrogens with one attached hydrogen (secondary N) is 1. The SMILES string of the molecule is CC(/C=C/c1ccccc1)=N/NC(=O)c1cc(C)nc2ccccc12. The maximum atomic E-state index is 12.5. The Bertz CT molecular complexity index is 959. The molecule has 0 aliphatic heterocycles. The summed E-state index contributed by atoms with van der Waals surface area (Å²) in [5, 5.41) is 4.98. The molecule has 3 aromatic rings. The summed E-state index contributed by atoms with van der Waals surface area (Å²) in [7, 11) is 0. The van der Waals surface area contributed by atoms with Crippen LogP contribution < -0.4 is 5.43 Å². The third-order valence-corrected chi connectivity index (χ3v) is 3.74. The zero-order valence-electron chi connectivity index (χ0n) is 14.2. The first-order valence-electron chi connectivity index (χ1n) is 8.07. The van der Waals surface area contributed by atoms with E-state index in [1.165, 1.54) is 0 Å². The topological polar surface area (TPSA) is 54.4 Å². The molecule has 1 heterocycles. The summed E-state index contributed by atoms with van der Waals surface area (Å²) in [4.78, 5) is 17.0. The highest BCUT2D eigenvalue weighted by Gasteiger charge is 2.11. The van der Waals surface area contributed by atoms with E-state index in [0.29, 0.717) is 11.3 Å². The molecule has 25 heavy (non-hydrogen) atoms. The van der Waals surface area contributed by atoms with E-state index >= 15 is 0 Å². The summed E-state index contributed by atoms with van der Waals surface area (Å²) in [5.41, 5.74) is 6.60. The van der Waals surface area contributed by atoms with Crippen molar-refractivity contribution in [3.05, 3.63) is 83.6 Å². The highest BCUT2D eigenvalue weighted by atomic mass is 16.2. The summed E-state index contributed by atoms with van der Waals surface area (Å²) in [6.45, 7) is 3.72. The molecule has 0 saturated heterocycles. The van der Waals surface area contributed by atoms with Crippen molar-refractivity contribution < 1.29 is 4.79 Å². The molecular formula is C21H19N3O. The van der Waals surface area contributed by atoms with Crippen molar-refractivity contribution in [2.45, 2.75) is 13.8 Å². The Labute approximate surface area is 146 Å². The molecule has 0 radical (unpaired) electrons. The minimum atomic E-state index is -0.242. The zero-order valence-corrected chi connectivity index (χ0v) is 14.2.